The predicted molar refractivity (Wildman–Crippen MR) is 142 cm³/mol. The number of aromatic nitrogens is 1. The Balaban J connectivity index is 1.49. The van der Waals surface area contributed by atoms with Gasteiger partial charge in [0.2, 0.25) is 0 Å². The number of carbonyl (C=O) groups is 1. The fourth-order valence-corrected chi connectivity index (χ4v) is 5.79. The van der Waals surface area contributed by atoms with E-state index >= 15 is 0 Å². The molecule has 3 atom stereocenters. The summed E-state index contributed by atoms with van der Waals surface area (Å²) < 4.78 is 12.8. The number of carboxylic acid groups (broad SMARTS) is 1. The molecule has 1 saturated heterocycles. The molecule has 0 spiro atoms. The lowest BCUT2D eigenvalue weighted by molar-refractivity contribution is -0.0202. The average Bonchev–Trinajstić information content (AvgIpc) is 3.38. The summed E-state index contributed by atoms with van der Waals surface area (Å²) in [4.78, 5) is 17.4. The molecule has 1 unspecified atom stereocenters. The maximum atomic E-state index is 11.4. The van der Waals surface area contributed by atoms with E-state index in [0.717, 1.165) is 63.3 Å². The molecular weight excluding hydrogens is 452 g/mol. The lowest BCUT2D eigenvalue weighted by atomic mass is 9.91. The maximum absolute atomic E-state index is 11.4. The molecule has 0 saturated carbocycles. The van der Waals surface area contributed by atoms with Crippen molar-refractivity contribution >= 4 is 16.9 Å². The van der Waals surface area contributed by atoms with Crippen molar-refractivity contribution in [2.75, 3.05) is 19.8 Å². The Morgan fingerprint density at radius 1 is 1.03 bits per heavy atom. The van der Waals surface area contributed by atoms with E-state index in [1.807, 2.05) is 18.3 Å². The number of hydrogen-bond donors (Lipinski definition) is 2. The van der Waals surface area contributed by atoms with Gasteiger partial charge in [-0.3, -0.25) is 4.90 Å². The molecule has 1 aromatic heterocycles. The molecular formula is C30H38N2O4. The molecule has 0 radical (unpaired) electrons. The van der Waals surface area contributed by atoms with Gasteiger partial charge in [0.15, 0.2) is 0 Å². The summed E-state index contributed by atoms with van der Waals surface area (Å²) in [5.74, 6) is 0.0965. The van der Waals surface area contributed by atoms with Crippen LogP contribution in [0.15, 0.2) is 42.6 Å². The van der Waals surface area contributed by atoms with Gasteiger partial charge in [-0.2, -0.15) is 0 Å². The van der Waals surface area contributed by atoms with E-state index in [2.05, 4.69) is 28.9 Å². The molecule has 2 aromatic carbocycles. The highest BCUT2D eigenvalue weighted by atomic mass is 16.5. The van der Waals surface area contributed by atoms with Crippen LogP contribution in [0, 0.1) is 6.92 Å². The molecule has 36 heavy (non-hydrogen) atoms. The summed E-state index contributed by atoms with van der Waals surface area (Å²) in [7, 11) is 0. The van der Waals surface area contributed by atoms with Gasteiger partial charge in [-0.05, 0) is 68.0 Å². The molecule has 6 heteroatoms. The number of nitrogens with one attached hydrogen (secondary N) is 1. The van der Waals surface area contributed by atoms with E-state index in [1.54, 1.807) is 12.1 Å². The van der Waals surface area contributed by atoms with Crippen molar-refractivity contribution < 1.29 is 19.4 Å². The molecule has 6 rings (SSSR count). The Bertz CT molecular complexity index is 1170. The van der Waals surface area contributed by atoms with Crippen molar-refractivity contribution in [2.45, 2.75) is 77.0 Å². The topological polar surface area (TPSA) is 74.8 Å². The molecule has 0 amide bonds. The summed E-state index contributed by atoms with van der Waals surface area (Å²) in [6.07, 6.45) is 11.3. The largest absolute Gasteiger partial charge is 0.493 e. The van der Waals surface area contributed by atoms with E-state index in [-0.39, 0.29) is 12.1 Å². The Morgan fingerprint density at radius 2 is 1.78 bits per heavy atom. The highest BCUT2D eigenvalue weighted by Gasteiger charge is 2.31. The van der Waals surface area contributed by atoms with Crippen LogP contribution in [0.25, 0.3) is 10.9 Å². The van der Waals surface area contributed by atoms with Crippen molar-refractivity contribution in [1.82, 2.24) is 9.88 Å². The van der Waals surface area contributed by atoms with Crippen LogP contribution in [0.2, 0.25) is 0 Å². The smallest absolute Gasteiger partial charge is 0.335 e. The number of benzene rings is 2. The number of piperidine rings is 1. The van der Waals surface area contributed by atoms with Gasteiger partial charge in [0, 0.05) is 48.4 Å². The fraction of sp³-hybridized carbons (Fsp3) is 0.500. The standard InChI is InChI=1S/C30H38N2O4/c1-21-18-28-26(25-12-14-31-29(21)25)20-32-15-13-24(35-16-6-4-2-3-5-7-17-36-28)19-27(32)22-8-10-23(11-9-22)30(33)34/h8-12,14,18,24,27,31H,2-7,13,15-17,19-20H2,1H3,(H,33,34)/t24-,27-/m0/s1. The van der Waals surface area contributed by atoms with Crippen LogP contribution in [0.4, 0.5) is 0 Å². The van der Waals surface area contributed by atoms with Gasteiger partial charge in [0.25, 0.3) is 0 Å². The first kappa shape index (κ1) is 24.8. The second kappa shape index (κ2) is 11.5. The summed E-state index contributed by atoms with van der Waals surface area (Å²) in [6, 6.07) is 11.9. The van der Waals surface area contributed by atoms with Crippen molar-refractivity contribution in [3.8, 4) is 5.75 Å². The van der Waals surface area contributed by atoms with E-state index < -0.39 is 5.97 Å². The Kier molecular flexibility index (Phi) is 7.93. The highest BCUT2D eigenvalue weighted by molar-refractivity contribution is 5.88. The quantitative estimate of drug-likeness (QED) is 0.422. The molecule has 2 bridgehead atoms. The Hall–Kier alpha value is -2.83. The van der Waals surface area contributed by atoms with Crippen LogP contribution in [0.3, 0.4) is 0 Å². The normalized spacial score (nSPS) is 24.1. The van der Waals surface area contributed by atoms with Crippen LogP contribution >= 0.6 is 0 Å². The number of aryl methyl sites for hydroxylation is 1. The van der Waals surface area contributed by atoms with Gasteiger partial charge in [0.05, 0.1) is 18.3 Å². The van der Waals surface area contributed by atoms with Gasteiger partial charge in [-0.15, -0.1) is 0 Å². The third kappa shape index (κ3) is 5.60. The maximum Gasteiger partial charge on any atom is 0.335 e. The number of nitrogens with zero attached hydrogens (tertiary/aromatic N) is 1. The summed E-state index contributed by atoms with van der Waals surface area (Å²) in [5, 5.41) is 10.6. The predicted octanol–water partition coefficient (Wildman–Crippen LogP) is 6.63. The SMILES string of the molecule is Cc1cc2c(c3cc[nH]c13)CN1CC[C@@H](C[C@H]1c1ccc(C(=O)O)cc1)OCCCCCCCCO2. The molecule has 3 aliphatic rings. The van der Waals surface area contributed by atoms with E-state index in [1.165, 1.54) is 47.7 Å². The van der Waals surface area contributed by atoms with E-state index in [9.17, 15) is 9.90 Å². The molecule has 3 aromatic rings. The zero-order valence-electron chi connectivity index (χ0n) is 21.3. The Labute approximate surface area is 213 Å². The first-order valence-corrected chi connectivity index (χ1v) is 13.5. The second-order valence-corrected chi connectivity index (χ2v) is 10.3. The van der Waals surface area contributed by atoms with Gasteiger partial charge in [0.1, 0.15) is 5.75 Å². The first-order chi connectivity index (χ1) is 17.6. The minimum atomic E-state index is -0.892. The molecule has 6 nitrogen and oxygen atoms in total. The Morgan fingerprint density at radius 3 is 2.56 bits per heavy atom. The molecule has 3 aliphatic heterocycles. The molecule has 4 heterocycles. The third-order valence-electron chi connectivity index (χ3n) is 7.83. The number of fused-ring (bicyclic) bond motifs is 12. The van der Waals surface area contributed by atoms with Crippen molar-refractivity contribution in [1.29, 1.82) is 0 Å². The second-order valence-electron chi connectivity index (χ2n) is 10.3. The van der Waals surface area contributed by atoms with Crippen molar-refractivity contribution in [3.05, 3.63) is 64.8 Å². The fourth-order valence-electron chi connectivity index (χ4n) is 5.79. The number of carboxylic acids is 1. The minimum absolute atomic E-state index is 0.158. The lowest BCUT2D eigenvalue weighted by Crippen LogP contribution is -2.39. The van der Waals surface area contributed by atoms with Gasteiger partial charge < -0.3 is 19.6 Å². The summed E-state index contributed by atoms with van der Waals surface area (Å²) in [5.41, 5.74) is 5.07. The van der Waals surface area contributed by atoms with Crippen LogP contribution in [0.1, 0.15) is 84.5 Å². The lowest BCUT2D eigenvalue weighted by Gasteiger charge is -2.40. The number of H-pyrrole nitrogens is 1. The number of ether oxygens (including phenoxy) is 2. The van der Waals surface area contributed by atoms with Gasteiger partial charge in [-0.25, -0.2) is 4.79 Å². The van der Waals surface area contributed by atoms with Crippen LogP contribution in [-0.2, 0) is 11.3 Å². The number of aromatic carboxylic acids is 1. The average molecular weight is 491 g/mol. The van der Waals surface area contributed by atoms with E-state index in [0.29, 0.717) is 5.56 Å². The first-order valence-electron chi connectivity index (χ1n) is 13.5. The number of rotatable bonds is 2. The van der Waals surface area contributed by atoms with Gasteiger partial charge in [-0.1, -0.05) is 37.8 Å². The zero-order chi connectivity index (χ0) is 24.9. The molecule has 0 aliphatic carbocycles. The van der Waals surface area contributed by atoms with Gasteiger partial charge >= 0.3 is 5.97 Å². The summed E-state index contributed by atoms with van der Waals surface area (Å²) in [6.45, 7) is 5.41. The molecule has 2 N–H and O–H groups in total. The zero-order valence-corrected chi connectivity index (χ0v) is 21.3. The monoisotopic (exact) mass is 490 g/mol. The number of hydrogen-bond acceptors (Lipinski definition) is 4. The summed E-state index contributed by atoms with van der Waals surface area (Å²) >= 11 is 0. The van der Waals surface area contributed by atoms with E-state index in [4.69, 9.17) is 9.47 Å². The molecule has 192 valence electrons. The molecule has 1 fully saturated rings. The van der Waals surface area contributed by atoms with Crippen LogP contribution in [0.5, 0.6) is 5.75 Å². The van der Waals surface area contributed by atoms with Crippen molar-refractivity contribution in [3.63, 3.8) is 0 Å². The van der Waals surface area contributed by atoms with Crippen LogP contribution < -0.4 is 4.74 Å². The van der Waals surface area contributed by atoms with Crippen molar-refractivity contribution in [2.24, 2.45) is 0 Å². The number of aromatic amines is 1. The minimum Gasteiger partial charge on any atom is -0.493 e. The third-order valence-corrected chi connectivity index (χ3v) is 7.83. The van der Waals surface area contributed by atoms with Crippen LogP contribution in [-0.4, -0.2) is 46.8 Å². The highest BCUT2D eigenvalue weighted by Crippen LogP contribution is 2.38.